The van der Waals surface area contributed by atoms with Crippen LogP contribution in [0.2, 0.25) is 0 Å². The molecule has 3 aromatic rings. The van der Waals surface area contributed by atoms with E-state index in [2.05, 4.69) is 24.1 Å². The molecule has 0 radical (unpaired) electrons. The zero-order valence-electron chi connectivity index (χ0n) is 14.6. The van der Waals surface area contributed by atoms with Crippen LogP contribution in [0.1, 0.15) is 32.1 Å². The molecule has 1 heterocycles. The van der Waals surface area contributed by atoms with Crippen LogP contribution < -0.4 is 4.90 Å². The lowest BCUT2D eigenvalue weighted by Crippen LogP contribution is -2.33. The van der Waals surface area contributed by atoms with Crippen molar-refractivity contribution in [1.29, 1.82) is 0 Å². The van der Waals surface area contributed by atoms with Gasteiger partial charge in [-0.2, -0.15) is 0 Å². The van der Waals surface area contributed by atoms with Gasteiger partial charge in [0.15, 0.2) is 0 Å². The molecule has 0 atom stereocenters. The van der Waals surface area contributed by atoms with E-state index in [0.29, 0.717) is 6.04 Å². The van der Waals surface area contributed by atoms with Crippen molar-refractivity contribution in [3.63, 3.8) is 0 Å². The molecule has 0 saturated heterocycles. The summed E-state index contributed by atoms with van der Waals surface area (Å²) >= 11 is 0. The highest BCUT2D eigenvalue weighted by Gasteiger charge is 2.22. The van der Waals surface area contributed by atoms with Gasteiger partial charge in [-0.05, 0) is 49.2 Å². The molecule has 0 unspecified atom stereocenters. The lowest BCUT2D eigenvalue weighted by molar-refractivity contribution is 0.428. The third-order valence-electron chi connectivity index (χ3n) is 5.32. The Bertz CT molecular complexity index is 867. The van der Waals surface area contributed by atoms with Crippen LogP contribution in [-0.4, -0.2) is 18.1 Å². The third-order valence-corrected chi connectivity index (χ3v) is 5.32. The summed E-state index contributed by atoms with van der Waals surface area (Å²) in [6, 6.07) is 17.6. The van der Waals surface area contributed by atoms with Crippen molar-refractivity contribution in [1.82, 2.24) is 4.98 Å². The largest absolute Gasteiger partial charge is 0.370 e. The fraction of sp³-hybridized carbons (Fsp3) is 0.318. The summed E-state index contributed by atoms with van der Waals surface area (Å²) in [5.41, 5.74) is 4.01. The van der Waals surface area contributed by atoms with Crippen LogP contribution in [0.4, 0.5) is 10.1 Å². The van der Waals surface area contributed by atoms with Gasteiger partial charge in [0.2, 0.25) is 0 Å². The van der Waals surface area contributed by atoms with Gasteiger partial charge in [-0.15, -0.1) is 0 Å². The Labute approximate surface area is 148 Å². The Hall–Kier alpha value is -2.42. The summed E-state index contributed by atoms with van der Waals surface area (Å²) < 4.78 is 13.4. The zero-order chi connectivity index (χ0) is 17.2. The quantitative estimate of drug-likeness (QED) is 0.601. The number of rotatable bonds is 3. The molecule has 25 heavy (non-hydrogen) atoms. The predicted octanol–water partition coefficient (Wildman–Crippen LogP) is 5.81. The Morgan fingerprint density at radius 1 is 0.960 bits per heavy atom. The molecule has 2 aromatic carbocycles. The minimum Gasteiger partial charge on any atom is -0.370 e. The van der Waals surface area contributed by atoms with Crippen LogP contribution in [-0.2, 0) is 0 Å². The van der Waals surface area contributed by atoms with Crippen molar-refractivity contribution in [2.24, 2.45) is 0 Å². The summed E-state index contributed by atoms with van der Waals surface area (Å²) in [5, 5.41) is 1.14. The first-order valence-electron chi connectivity index (χ1n) is 9.11. The molecule has 128 valence electrons. The van der Waals surface area contributed by atoms with Crippen LogP contribution in [0.5, 0.6) is 0 Å². The molecule has 1 saturated carbocycles. The van der Waals surface area contributed by atoms with Crippen LogP contribution in [0, 0.1) is 5.82 Å². The molecule has 0 aliphatic heterocycles. The number of anilines is 1. The van der Waals surface area contributed by atoms with Gasteiger partial charge in [-0.1, -0.05) is 37.5 Å². The van der Waals surface area contributed by atoms with E-state index in [4.69, 9.17) is 4.98 Å². The molecule has 1 aliphatic carbocycles. The average molecular weight is 334 g/mol. The lowest BCUT2D eigenvalue weighted by atomic mass is 9.93. The molecule has 2 nitrogen and oxygen atoms in total. The molecule has 1 aliphatic rings. The topological polar surface area (TPSA) is 16.1 Å². The highest BCUT2D eigenvalue weighted by molar-refractivity contribution is 5.89. The van der Waals surface area contributed by atoms with Crippen LogP contribution in [0.15, 0.2) is 54.6 Å². The fourth-order valence-electron chi connectivity index (χ4n) is 3.86. The van der Waals surface area contributed by atoms with Gasteiger partial charge in [0, 0.05) is 24.0 Å². The van der Waals surface area contributed by atoms with E-state index < -0.39 is 0 Å². The second kappa shape index (κ2) is 6.83. The number of hydrogen-bond acceptors (Lipinski definition) is 2. The standard InChI is InChI=1S/C22H23FN2/c1-25(19-8-3-2-4-9-19)21-15-17-7-5-6-10-20(17)24-22(21)16-11-13-18(23)14-12-16/h5-7,10-15,19H,2-4,8-9H2,1H3. The van der Waals surface area contributed by atoms with Gasteiger partial charge in [0.05, 0.1) is 16.9 Å². The second-order valence-corrected chi connectivity index (χ2v) is 6.96. The van der Waals surface area contributed by atoms with Crippen molar-refractivity contribution in [2.75, 3.05) is 11.9 Å². The van der Waals surface area contributed by atoms with E-state index in [-0.39, 0.29) is 5.82 Å². The number of benzene rings is 2. The summed E-state index contributed by atoms with van der Waals surface area (Å²) in [4.78, 5) is 7.31. The van der Waals surface area contributed by atoms with Crippen molar-refractivity contribution in [3.8, 4) is 11.3 Å². The molecule has 3 heteroatoms. The highest BCUT2D eigenvalue weighted by atomic mass is 19.1. The predicted molar refractivity (Wildman–Crippen MR) is 102 cm³/mol. The maximum atomic E-state index is 13.4. The molecule has 0 N–H and O–H groups in total. The Balaban J connectivity index is 1.84. The average Bonchev–Trinajstić information content (AvgIpc) is 2.68. The maximum Gasteiger partial charge on any atom is 0.123 e. The number of pyridine rings is 1. The first kappa shape index (κ1) is 16.1. The number of halogens is 1. The number of nitrogens with zero attached hydrogens (tertiary/aromatic N) is 2. The lowest BCUT2D eigenvalue weighted by Gasteiger charge is -2.34. The van der Waals surface area contributed by atoms with E-state index in [1.807, 2.05) is 30.3 Å². The Morgan fingerprint density at radius 3 is 2.44 bits per heavy atom. The Kier molecular flexibility index (Phi) is 4.39. The molecule has 0 spiro atoms. The van der Waals surface area contributed by atoms with E-state index in [1.54, 1.807) is 0 Å². The van der Waals surface area contributed by atoms with Crippen molar-refractivity contribution < 1.29 is 4.39 Å². The molecule has 1 fully saturated rings. The molecular formula is C22H23FN2. The molecular weight excluding hydrogens is 311 g/mol. The summed E-state index contributed by atoms with van der Waals surface area (Å²) in [5.74, 6) is -0.216. The minimum absolute atomic E-state index is 0.216. The summed E-state index contributed by atoms with van der Waals surface area (Å²) in [7, 11) is 2.18. The van der Waals surface area contributed by atoms with Crippen LogP contribution in [0.3, 0.4) is 0 Å². The number of para-hydroxylation sites is 1. The van der Waals surface area contributed by atoms with Crippen LogP contribution in [0.25, 0.3) is 22.2 Å². The number of fused-ring (bicyclic) bond motifs is 1. The monoisotopic (exact) mass is 334 g/mol. The number of aromatic nitrogens is 1. The maximum absolute atomic E-state index is 13.4. The first-order chi connectivity index (χ1) is 12.2. The minimum atomic E-state index is -0.216. The van der Waals surface area contributed by atoms with Crippen LogP contribution >= 0.6 is 0 Å². The molecule has 0 bridgehead atoms. The van der Waals surface area contributed by atoms with Gasteiger partial charge in [0.25, 0.3) is 0 Å². The van der Waals surface area contributed by atoms with Gasteiger partial charge < -0.3 is 4.90 Å². The van der Waals surface area contributed by atoms with Gasteiger partial charge in [-0.25, -0.2) is 9.37 Å². The van der Waals surface area contributed by atoms with Gasteiger partial charge in [0.1, 0.15) is 5.82 Å². The third kappa shape index (κ3) is 3.23. The van der Waals surface area contributed by atoms with Gasteiger partial charge in [-0.3, -0.25) is 0 Å². The normalized spacial score (nSPS) is 15.4. The summed E-state index contributed by atoms with van der Waals surface area (Å²) in [6.45, 7) is 0. The Morgan fingerprint density at radius 2 is 1.68 bits per heavy atom. The smallest absolute Gasteiger partial charge is 0.123 e. The van der Waals surface area contributed by atoms with E-state index in [1.165, 1.54) is 44.2 Å². The summed E-state index contributed by atoms with van der Waals surface area (Å²) in [6.07, 6.45) is 6.38. The first-order valence-corrected chi connectivity index (χ1v) is 9.11. The fourth-order valence-corrected chi connectivity index (χ4v) is 3.86. The van der Waals surface area contributed by atoms with Gasteiger partial charge >= 0.3 is 0 Å². The molecule has 4 rings (SSSR count). The van der Waals surface area contributed by atoms with E-state index in [0.717, 1.165) is 27.8 Å². The second-order valence-electron chi connectivity index (χ2n) is 6.96. The SMILES string of the molecule is CN(c1cc2ccccc2nc1-c1ccc(F)cc1)C1CCCCC1. The molecule has 0 amide bonds. The highest BCUT2D eigenvalue weighted by Crippen LogP contribution is 2.35. The zero-order valence-corrected chi connectivity index (χ0v) is 14.6. The van der Waals surface area contributed by atoms with E-state index in [9.17, 15) is 4.39 Å². The molecule has 1 aromatic heterocycles. The van der Waals surface area contributed by atoms with Crippen molar-refractivity contribution in [3.05, 3.63) is 60.4 Å². The number of hydrogen-bond donors (Lipinski definition) is 0. The van der Waals surface area contributed by atoms with E-state index >= 15 is 0 Å². The van der Waals surface area contributed by atoms with Crippen molar-refractivity contribution in [2.45, 2.75) is 38.1 Å². The van der Waals surface area contributed by atoms with Crippen molar-refractivity contribution >= 4 is 16.6 Å².